The Hall–Kier alpha value is -2.25. The van der Waals surface area contributed by atoms with E-state index in [0.717, 1.165) is 20.1 Å². The zero-order valence-corrected chi connectivity index (χ0v) is 15.7. The van der Waals surface area contributed by atoms with Crippen molar-refractivity contribution in [3.05, 3.63) is 51.7 Å². The number of nitrogens with one attached hydrogen (secondary N) is 1. The molecule has 25 heavy (non-hydrogen) atoms. The first-order chi connectivity index (χ1) is 12.0. The molecule has 0 radical (unpaired) electrons. The third kappa shape index (κ3) is 4.43. The number of thiazole rings is 1. The molecule has 1 unspecified atom stereocenters. The van der Waals surface area contributed by atoms with Crippen LogP contribution < -0.4 is 5.32 Å². The van der Waals surface area contributed by atoms with E-state index in [9.17, 15) is 9.59 Å². The van der Waals surface area contributed by atoms with Gasteiger partial charge in [0.1, 0.15) is 5.01 Å². The summed E-state index contributed by atoms with van der Waals surface area (Å²) in [6, 6.07) is 11.5. The van der Waals surface area contributed by atoms with Crippen molar-refractivity contribution in [1.29, 1.82) is 0 Å². The van der Waals surface area contributed by atoms with Crippen molar-refractivity contribution >= 4 is 44.7 Å². The molecule has 0 spiro atoms. The average Bonchev–Trinajstić information content (AvgIpc) is 3.22. The standard InChI is InChI=1S/C18H19N3O2S2/c1-12(22)19-14(15-8-5-9-24-15)10-18(23)21(2)11-17-20-13-6-3-4-7-16(13)25-17/h3-9,14H,10-11H2,1-2H3,(H,19,22). The van der Waals surface area contributed by atoms with Crippen molar-refractivity contribution in [3.8, 4) is 0 Å². The summed E-state index contributed by atoms with van der Waals surface area (Å²) in [5.74, 6) is -0.161. The van der Waals surface area contributed by atoms with Gasteiger partial charge in [-0.25, -0.2) is 4.98 Å². The minimum absolute atomic E-state index is 0.0218. The van der Waals surface area contributed by atoms with Gasteiger partial charge in [-0.2, -0.15) is 0 Å². The van der Waals surface area contributed by atoms with Crippen molar-refractivity contribution in [2.45, 2.75) is 25.9 Å². The molecule has 7 heteroatoms. The van der Waals surface area contributed by atoms with Gasteiger partial charge in [-0.15, -0.1) is 22.7 Å². The number of rotatable bonds is 6. The largest absolute Gasteiger partial charge is 0.348 e. The number of amides is 2. The Labute approximate surface area is 154 Å². The summed E-state index contributed by atoms with van der Waals surface area (Å²) in [4.78, 5) is 31.3. The summed E-state index contributed by atoms with van der Waals surface area (Å²) >= 11 is 3.14. The number of hydrogen-bond donors (Lipinski definition) is 1. The van der Waals surface area contributed by atoms with Crippen LogP contribution in [0.4, 0.5) is 0 Å². The summed E-state index contributed by atoms with van der Waals surface area (Å²) in [7, 11) is 1.77. The zero-order chi connectivity index (χ0) is 17.8. The van der Waals surface area contributed by atoms with Gasteiger partial charge in [-0.3, -0.25) is 9.59 Å². The summed E-state index contributed by atoms with van der Waals surface area (Å²) in [6.07, 6.45) is 0.238. The first-order valence-corrected chi connectivity index (χ1v) is 9.61. The molecule has 0 aliphatic carbocycles. The molecule has 1 atom stereocenters. The van der Waals surface area contributed by atoms with Crippen molar-refractivity contribution in [2.24, 2.45) is 0 Å². The molecular formula is C18H19N3O2S2. The van der Waals surface area contributed by atoms with Crippen LogP contribution >= 0.6 is 22.7 Å². The van der Waals surface area contributed by atoms with E-state index < -0.39 is 0 Å². The number of para-hydroxylation sites is 1. The predicted octanol–water partition coefficient (Wildman–Crippen LogP) is 3.58. The Morgan fingerprint density at radius 2 is 2.04 bits per heavy atom. The van der Waals surface area contributed by atoms with E-state index in [-0.39, 0.29) is 24.3 Å². The Kier molecular flexibility index (Phi) is 5.45. The van der Waals surface area contributed by atoms with Crippen LogP contribution in [0.1, 0.15) is 29.3 Å². The second-order valence-corrected chi connectivity index (χ2v) is 7.89. The molecule has 5 nitrogen and oxygen atoms in total. The second kappa shape index (κ2) is 7.76. The molecule has 0 aliphatic heterocycles. The molecule has 2 heterocycles. The van der Waals surface area contributed by atoms with Crippen LogP contribution in [0.3, 0.4) is 0 Å². The van der Waals surface area contributed by atoms with Crippen LogP contribution in [0.5, 0.6) is 0 Å². The quantitative estimate of drug-likeness (QED) is 0.718. The van der Waals surface area contributed by atoms with E-state index in [1.165, 1.54) is 18.3 Å². The highest BCUT2D eigenvalue weighted by atomic mass is 32.1. The van der Waals surface area contributed by atoms with Gasteiger partial charge < -0.3 is 10.2 Å². The molecule has 0 bridgehead atoms. The molecule has 1 N–H and O–H groups in total. The van der Waals surface area contributed by atoms with Gasteiger partial charge in [0.2, 0.25) is 11.8 Å². The van der Waals surface area contributed by atoms with Crippen LogP contribution in [0, 0.1) is 0 Å². The minimum atomic E-state index is -0.289. The van der Waals surface area contributed by atoms with Gasteiger partial charge >= 0.3 is 0 Å². The van der Waals surface area contributed by atoms with Crippen molar-refractivity contribution in [1.82, 2.24) is 15.2 Å². The van der Waals surface area contributed by atoms with Crippen LogP contribution in [-0.4, -0.2) is 28.7 Å². The molecule has 1 aromatic carbocycles. The second-order valence-electron chi connectivity index (χ2n) is 5.80. The van der Waals surface area contributed by atoms with Crippen LogP contribution in [0.2, 0.25) is 0 Å². The fraction of sp³-hybridized carbons (Fsp3) is 0.278. The minimum Gasteiger partial charge on any atom is -0.348 e. The van der Waals surface area contributed by atoms with Crippen molar-refractivity contribution in [2.75, 3.05) is 7.05 Å². The van der Waals surface area contributed by atoms with E-state index in [1.807, 2.05) is 41.8 Å². The number of carbonyl (C=O) groups excluding carboxylic acids is 2. The van der Waals surface area contributed by atoms with E-state index >= 15 is 0 Å². The van der Waals surface area contributed by atoms with Gasteiger partial charge in [0.05, 0.1) is 29.2 Å². The number of nitrogens with zero attached hydrogens (tertiary/aromatic N) is 2. The Morgan fingerprint density at radius 1 is 1.24 bits per heavy atom. The van der Waals surface area contributed by atoms with Crippen molar-refractivity contribution < 1.29 is 9.59 Å². The SMILES string of the molecule is CC(=O)NC(CC(=O)N(C)Cc1nc2ccccc2s1)c1cccs1. The maximum atomic E-state index is 12.6. The normalized spacial score (nSPS) is 12.1. The predicted molar refractivity (Wildman–Crippen MR) is 102 cm³/mol. The fourth-order valence-electron chi connectivity index (χ4n) is 2.57. The Morgan fingerprint density at radius 3 is 2.72 bits per heavy atom. The lowest BCUT2D eigenvalue weighted by atomic mass is 10.1. The number of aromatic nitrogens is 1. The smallest absolute Gasteiger partial charge is 0.225 e. The highest BCUT2D eigenvalue weighted by molar-refractivity contribution is 7.18. The molecule has 0 fully saturated rings. The molecule has 3 aromatic rings. The Balaban J connectivity index is 1.67. The highest BCUT2D eigenvalue weighted by Crippen LogP contribution is 2.25. The Bertz CT molecular complexity index is 840. The molecule has 0 aliphatic rings. The molecule has 2 amide bonds. The third-order valence-corrected chi connectivity index (χ3v) is 5.79. The summed E-state index contributed by atoms with van der Waals surface area (Å²) in [5, 5.41) is 5.72. The summed E-state index contributed by atoms with van der Waals surface area (Å²) in [6.45, 7) is 1.94. The maximum absolute atomic E-state index is 12.6. The van der Waals surface area contributed by atoms with Crippen LogP contribution in [-0.2, 0) is 16.1 Å². The van der Waals surface area contributed by atoms with Gasteiger partial charge in [0.15, 0.2) is 0 Å². The van der Waals surface area contributed by atoms with Gasteiger partial charge in [0.25, 0.3) is 0 Å². The van der Waals surface area contributed by atoms with E-state index in [0.29, 0.717) is 6.54 Å². The first kappa shape index (κ1) is 17.6. The lowest BCUT2D eigenvalue weighted by molar-refractivity contribution is -0.131. The number of benzene rings is 1. The first-order valence-electron chi connectivity index (χ1n) is 7.92. The number of thiophene rings is 1. The topological polar surface area (TPSA) is 62.3 Å². The lowest BCUT2D eigenvalue weighted by Crippen LogP contribution is -2.33. The van der Waals surface area contributed by atoms with Crippen LogP contribution in [0.15, 0.2) is 41.8 Å². The van der Waals surface area contributed by atoms with E-state index in [4.69, 9.17) is 0 Å². The monoisotopic (exact) mass is 373 g/mol. The number of carbonyl (C=O) groups is 2. The van der Waals surface area contributed by atoms with E-state index in [2.05, 4.69) is 10.3 Å². The zero-order valence-electron chi connectivity index (χ0n) is 14.1. The maximum Gasteiger partial charge on any atom is 0.225 e. The summed E-state index contributed by atoms with van der Waals surface area (Å²) in [5.41, 5.74) is 0.957. The van der Waals surface area contributed by atoms with Gasteiger partial charge in [0, 0.05) is 18.8 Å². The van der Waals surface area contributed by atoms with Crippen molar-refractivity contribution in [3.63, 3.8) is 0 Å². The van der Waals surface area contributed by atoms with E-state index in [1.54, 1.807) is 23.3 Å². The molecule has 0 saturated carbocycles. The van der Waals surface area contributed by atoms with Gasteiger partial charge in [-0.1, -0.05) is 18.2 Å². The fourth-order valence-corrected chi connectivity index (χ4v) is 4.37. The average molecular weight is 374 g/mol. The third-order valence-electron chi connectivity index (χ3n) is 3.78. The summed E-state index contributed by atoms with van der Waals surface area (Å²) < 4.78 is 1.12. The number of fused-ring (bicyclic) bond motifs is 1. The van der Waals surface area contributed by atoms with Gasteiger partial charge in [-0.05, 0) is 23.6 Å². The molecule has 3 rings (SSSR count). The molecular weight excluding hydrogens is 354 g/mol. The molecule has 2 aromatic heterocycles. The number of hydrogen-bond acceptors (Lipinski definition) is 5. The molecule has 130 valence electrons. The van der Waals surface area contributed by atoms with Crippen LogP contribution in [0.25, 0.3) is 10.2 Å². The molecule has 0 saturated heterocycles. The lowest BCUT2D eigenvalue weighted by Gasteiger charge is -2.21. The highest BCUT2D eigenvalue weighted by Gasteiger charge is 2.21.